The van der Waals surface area contributed by atoms with Crippen LogP contribution in [-0.4, -0.2) is 34.6 Å². The van der Waals surface area contributed by atoms with Crippen LogP contribution in [0.1, 0.15) is 48.8 Å². The van der Waals surface area contributed by atoms with Gasteiger partial charge in [-0.15, -0.1) is 11.8 Å². The van der Waals surface area contributed by atoms with Crippen molar-refractivity contribution >= 4 is 39.5 Å². The molecule has 3 aromatic rings. The highest BCUT2D eigenvalue weighted by Crippen LogP contribution is 2.23. The smallest absolute Gasteiger partial charge is 0.243 e. The normalized spacial score (nSPS) is 14.3. The maximum atomic E-state index is 13.8. The lowest BCUT2D eigenvalue weighted by Gasteiger charge is -2.32. The van der Waals surface area contributed by atoms with Gasteiger partial charge in [0.1, 0.15) is 6.04 Å². The number of nitrogens with one attached hydrogen (secondary N) is 1. The summed E-state index contributed by atoms with van der Waals surface area (Å²) < 4.78 is 0.989. The highest BCUT2D eigenvalue weighted by molar-refractivity contribution is 9.10. The molecule has 37 heavy (non-hydrogen) atoms. The van der Waals surface area contributed by atoms with Crippen LogP contribution in [0.2, 0.25) is 0 Å². The van der Waals surface area contributed by atoms with Crippen LogP contribution in [0.15, 0.2) is 88.2 Å². The summed E-state index contributed by atoms with van der Waals surface area (Å²) in [6.07, 6.45) is 5.18. The average Bonchev–Trinajstić information content (AvgIpc) is 3.42. The van der Waals surface area contributed by atoms with Crippen LogP contribution in [-0.2, 0) is 22.6 Å². The molecular weight excluding hydrogens is 544 g/mol. The minimum Gasteiger partial charge on any atom is -0.352 e. The molecule has 1 atom stereocenters. The molecular formula is C31H35BrN2O2S. The molecule has 0 saturated heterocycles. The highest BCUT2D eigenvalue weighted by Gasteiger charge is 2.32. The van der Waals surface area contributed by atoms with Crippen LogP contribution in [0.3, 0.4) is 0 Å². The van der Waals surface area contributed by atoms with Crippen molar-refractivity contribution in [2.45, 2.75) is 69.0 Å². The van der Waals surface area contributed by atoms with Gasteiger partial charge in [0.05, 0.1) is 0 Å². The summed E-state index contributed by atoms with van der Waals surface area (Å²) in [5.74, 6) is 0.624. The molecule has 6 heteroatoms. The molecule has 1 aliphatic carbocycles. The Morgan fingerprint density at radius 2 is 1.62 bits per heavy atom. The fourth-order valence-corrected chi connectivity index (χ4v) is 5.85. The zero-order valence-electron chi connectivity index (χ0n) is 21.4. The predicted molar refractivity (Wildman–Crippen MR) is 156 cm³/mol. The third-order valence-electron chi connectivity index (χ3n) is 6.84. The van der Waals surface area contributed by atoms with Gasteiger partial charge in [0.2, 0.25) is 11.8 Å². The standard InChI is InChI=1S/C31H35BrN2O2S/c1-23-11-17-28(18-12-23)37-20-19-30(35)34(22-25-13-15-26(32)16-14-25)29(21-24-7-3-2-4-8-24)31(36)33-27-9-5-6-10-27/h2-4,7-8,11-18,27,29H,5-6,9-10,19-22H2,1H3,(H,33,36)/t29-/m0/s1. The molecule has 1 aliphatic rings. The molecule has 0 unspecified atom stereocenters. The summed E-state index contributed by atoms with van der Waals surface area (Å²) in [4.78, 5) is 30.4. The van der Waals surface area contributed by atoms with E-state index in [2.05, 4.69) is 52.4 Å². The van der Waals surface area contributed by atoms with E-state index in [0.717, 1.165) is 46.2 Å². The van der Waals surface area contributed by atoms with Crippen molar-refractivity contribution < 1.29 is 9.59 Å². The number of hydrogen-bond acceptors (Lipinski definition) is 3. The number of halogens is 1. The summed E-state index contributed by atoms with van der Waals surface area (Å²) >= 11 is 5.18. The monoisotopic (exact) mass is 578 g/mol. The molecule has 4 nitrogen and oxygen atoms in total. The van der Waals surface area contributed by atoms with Crippen LogP contribution >= 0.6 is 27.7 Å². The van der Waals surface area contributed by atoms with Crippen LogP contribution in [0, 0.1) is 6.92 Å². The molecule has 0 radical (unpaired) electrons. The van der Waals surface area contributed by atoms with Gasteiger partial charge in [0.25, 0.3) is 0 Å². The van der Waals surface area contributed by atoms with Gasteiger partial charge >= 0.3 is 0 Å². The Labute approximate surface area is 233 Å². The second kappa shape index (κ2) is 13.8. The molecule has 3 aromatic carbocycles. The Morgan fingerprint density at radius 1 is 0.946 bits per heavy atom. The zero-order chi connectivity index (χ0) is 26.0. The van der Waals surface area contributed by atoms with Gasteiger partial charge in [0.15, 0.2) is 0 Å². The Kier molecular flexibility index (Phi) is 10.3. The summed E-state index contributed by atoms with van der Waals surface area (Å²) in [6, 6.07) is 26.0. The van der Waals surface area contributed by atoms with E-state index in [4.69, 9.17) is 0 Å². The fraction of sp³-hybridized carbons (Fsp3) is 0.355. The third-order valence-corrected chi connectivity index (χ3v) is 8.39. The lowest BCUT2D eigenvalue weighted by molar-refractivity contribution is -0.141. The minimum absolute atomic E-state index is 0.00466. The van der Waals surface area contributed by atoms with E-state index in [9.17, 15) is 9.59 Å². The van der Waals surface area contributed by atoms with Crippen LogP contribution in [0.25, 0.3) is 0 Å². The molecule has 194 valence electrons. The first-order valence-electron chi connectivity index (χ1n) is 13.1. The minimum atomic E-state index is -0.566. The van der Waals surface area contributed by atoms with Crippen molar-refractivity contribution in [1.82, 2.24) is 10.2 Å². The molecule has 0 aromatic heterocycles. The predicted octanol–water partition coefficient (Wildman–Crippen LogP) is 6.94. The van der Waals surface area contributed by atoms with Crippen molar-refractivity contribution in [2.24, 2.45) is 0 Å². The average molecular weight is 580 g/mol. The largest absolute Gasteiger partial charge is 0.352 e. The summed E-state index contributed by atoms with van der Waals surface area (Å²) in [5.41, 5.74) is 3.28. The maximum Gasteiger partial charge on any atom is 0.243 e. The van der Waals surface area contributed by atoms with Gasteiger partial charge in [-0.2, -0.15) is 0 Å². The Morgan fingerprint density at radius 3 is 2.30 bits per heavy atom. The number of aryl methyl sites for hydroxylation is 1. The number of carbonyl (C=O) groups is 2. The number of hydrogen-bond donors (Lipinski definition) is 1. The van der Waals surface area contributed by atoms with E-state index in [-0.39, 0.29) is 17.9 Å². The maximum absolute atomic E-state index is 13.8. The molecule has 1 N–H and O–H groups in total. The second-order valence-corrected chi connectivity index (χ2v) is 11.8. The van der Waals surface area contributed by atoms with E-state index in [0.29, 0.717) is 25.1 Å². The van der Waals surface area contributed by atoms with Crippen LogP contribution in [0.5, 0.6) is 0 Å². The van der Waals surface area contributed by atoms with Gasteiger partial charge in [-0.25, -0.2) is 0 Å². The van der Waals surface area contributed by atoms with Crippen LogP contribution in [0.4, 0.5) is 0 Å². The van der Waals surface area contributed by atoms with Crippen molar-refractivity contribution in [3.05, 3.63) is 100 Å². The van der Waals surface area contributed by atoms with E-state index >= 15 is 0 Å². The molecule has 1 saturated carbocycles. The van der Waals surface area contributed by atoms with Crippen molar-refractivity contribution in [1.29, 1.82) is 0 Å². The number of amides is 2. The number of nitrogens with zero attached hydrogens (tertiary/aromatic N) is 1. The topological polar surface area (TPSA) is 49.4 Å². The molecule has 1 fully saturated rings. The highest BCUT2D eigenvalue weighted by atomic mass is 79.9. The molecule has 0 bridgehead atoms. The lowest BCUT2D eigenvalue weighted by Crippen LogP contribution is -2.52. The van der Waals surface area contributed by atoms with Crippen molar-refractivity contribution in [3.8, 4) is 0 Å². The van der Waals surface area contributed by atoms with Crippen molar-refractivity contribution in [3.63, 3.8) is 0 Å². The molecule has 2 amide bonds. The van der Waals surface area contributed by atoms with Crippen molar-refractivity contribution in [2.75, 3.05) is 5.75 Å². The molecule has 0 heterocycles. The second-order valence-electron chi connectivity index (χ2n) is 9.76. The number of benzene rings is 3. The molecule has 0 aliphatic heterocycles. The summed E-state index contributed by atoms with van der Waals surface area (Å²) in [6.45, 7) is 2.47. The molecule has 4 rings (SSSR count). The van der Waals surface area contributed by atoms with Gasteiger partial charge < -0.3 is 10.2 Å². The quantitative estimate of drug-likeness (QED) is 0.251. The van der Waals surface area contributed by atoms with Gasteiger partial charge in [-0.3, -0.25) is 9.59 Å². The number of carbonyl (C=O) groups excluding carboxylic acids is 2. The van der Waals surface area contributed by atoms with E-state index < -0.39 is 6.04 Å². The number of thioether (sulfide) groups is 1. The lowest BCUT2D eigenvalue weighted by atomic mass is 10.0. The SMILES string of the molecule is Cc1ccc(SCCC(=O)N(Cc2ccc(Br)cc2)[C@@H](Cc2ccccc2)C(=O)NC2CCCC2)cc1. The first-order chi connectivity index (χ1) is 18.0. The van der Waals surface area contributed by atoms with E-state index in [1.165, 1.54) is 5.56 Å². The first-order valence-corrected chi connectivity index (χ1v) is 14.8. The van der Waals surface area contributed by atoms with E-state index in [1.807, 2.05) is 54.6 Å². The fourth-order valence-electron chi connectivity index (χ4n) is 4.74. The Hall–Kier alpha value is -2.57. The Bertz CT molecular complexity index is 1150. The van der Waals surface area contributed by atoms with Gasteiger partial charge in [-0.1, -0.05) is 88.9 Å². The number of rotatable bonds is 11. The first kappa shape index (κ1) is 27.5. The third kappa shape index (κ3) is 8.47. The van der Waals surface area contributed by atoms with Gasteiger partial charge in [0, 0.05) is 40.5 Å². The summed E-state index contributed by atoms with van der Waals surface area (Å²) in [5, 5.41) is 3.27. The zero-order valence-corrected chi connectivity index (χ0v) is 23.8. The van der Waals surface area contributed by atoms with E-state index in [1.54, 1.807) is 16.7 Å². The Balaban J connectivity index is 1.55. The summed E-state index contributed by atoms with van der Waals surface area (Å²) in [7, 11) is 0. The molecule has 0 spiro atoms. The van der Waals surface area contributed by atoms with Gasteiger partial charge in [-0.05, 0) is 55.2 Å². The van der Waals surface area contributed by atoms with Crippen LogP contribution < -0.4 is 5.32 Å².